The lowest BCUT2D eigenvalue weighted by molar-refractivity contribution is -0.116. The van der Waals surface area contributed by atoms with Gasteiger partial charge in [-0.25, -0.2) is 18.4 Å². The molecule has 1 amide bonds. The number of hydrogen-bond donors (Lipinski definition) is 1. The number of para-hydroxylation sites is 1. The molecule has 0 atom stereocenters. The van der Waals surface area contributed by atoms with Gasteiger partial charge in [0, 0.05) is 25.4 Å². The molecule has 0 bridgehead atoms. The number of rotatable bonds is 8. The lowest BCUT2D eigenvalue weighted by Crippen LogP contribution is -2.34. The summed E-state index contributed by atoms with van der Waals surface area (Å²) in [6, 6.07) is 18.9. The molecule has 4 rings (SSSR count). The molecule has 2 aromatic carbocycles. The Balaban J connectivity index is 1.48. The summed E-state index contributed by atoms with van der Waals surface area (Å²) >= 11 is 0. The zero-order chi connectivity index (χ0) is 23.3. The van der Waals surface area contributed by atoms with E-state index < -0.39 is 10.0 Å². The number of anilines is 2. The molecule has 8 nitrogen and oxygen atoms in total. The Labute approximate surface area is 192 Å². The summed E-state index contributed by atoms with van der Waals surface area (Å²) in [5.74, 6) is 0.358. The summed E-state index contributed by atoms with van der Waals surface area (Å²) in [4.78, 5) is 21.1. The summed E-state index contributed by atoms with van der Waals surface area (Å²) in [7, 11) is -3.84. The van der Waals surface area contributed by atoms with E-state index in [-0.39, 0.29) is 23.8 Å². The number of sulfonamides is 1. The minimum Gasteiger partial charge on any atom is -0.325 e. The third-order valence-corrected chi connectivity index (χ3v) is 6.84. The van der Waals surface area contributed by atoms with Gasteiger partial charge in [-0.2, -0.15) is 0 Å². The normalized spacial score (nSPS) is 11.2. The molecule has 0 aliphatic carbocycles. The summed E-state index contributed by atoms with van der Waals surface area (Å²) in [6.45, 7) is 1.89. The van der Waals surface area contributed by atoms with Crippen molar-refractivity contribution in [2.24, 2.45) is 0 Å². The van der Waals surface area contributed by atoms with Crippen LogP contribution in [-0.4, -0.2) is 35.4 Å². The lowest BCUT2D eigenvalue weighted by Gasteiger charge is -2.24. The third kappa shape index (κ3) is 5.27. The van der Waals surface area contributed by atoms with E-state index >= 15 is 0 Å². The second kappa shape index (κ2) is 9.66. The number of hydrogen-bond acceptors (Lipinski definition) is 5. The second-order valence-corrected chi connectivity index (χ2v) is 9.26. The summed E-state index contributed by atoms with van der Waals surface area (Å²) < 4.78 is 29.7. The maximum atomic E-state index is 13.3. The Kier molecular flexibility index (Phi) is 6.50. The number of carbonyl (C=O) groups is 1. The van der Waals surface area contributed by atoms with Crippen molar-refractivity contribution in [3.05, 3.63) is 97.2 Å². The van der Waals surface area contributed by atoms with Gasteiger partial charge in [0.1, 0.15) is 12.1 Å². The number of nitrogens with zero attached hydrogens (tertiary/aromatic N) is 4. The highest BCUT2D eigenvalue weighted by Crippen LogP contribution is 2.24. The smallest absolute Gasteiger partial charge is 0.264 e. The lowest BCUT2D eigenvalue weighted by atomic mass is 10.2. The van der Waals surface area contributed by atoms with Gasteiger partial charge in [-0.3, -0.25) is 13.7 Å². The summed E-state index contributed by atoms with van der Waals surface area (Å²) in [5.41, 5.74) is 1.99. The quantitative estimate of drug-likeness (QED) is 0.430. The standard InChI is InChI=1S/C24H23N5O3S/c1-19-7-10-22(11-8-19)33(31,32)29(21-5-3-2-4-6-21)15-13-24(30)27-20-9-12-23(26-17-20)28-16-14-25-18-28/h2-12,14,16-18H,13,15H2,1H3,(H,27,30). The van der Waals surface area contributed by atoms with E-state index in [1.807, 2.05) is 13.0 Å². The first kappa shape index (κ1) is 22.2. The molecule has 0 fully saturated rings. The number of nitrogens with one attached hydrogen (secondary N) is 1. The largest absolute Gasteiger partial charge is 0.325 e. The van der Waals surface area contributed by atoms with Crippen LogP contribution >= 0.6 is 0 Å². The average Bonchev–Trinajstić information content (AvgIpc) is 3.36. The van der Waals surface area contributed by atoms with Crippen LogP contribution < -0.4 is 9.62 Å². The van der Waals surface area contributed by atoms with Crippen molar-refractivity contribution in [2.75, 3.05) is 16.2 Å². The van der Waals surface area contributed by atoms with Crippen LogP contribution in [0.2, 0.25) is 0 Å². The van der Waals surface area contributed by atoms with Crippen molar-refractivity contribution in [1.29, 1.82) is 0 Å². The molecule has 0 saturated heterocycles. The Bertz CT molecular complexity index is 1310. The third-order valence-electron chi connectivity index (χ3n) is 5.00. The molecule has 0 aliphatic rings. The molecular weight excluding hydrogens is 438 g/mol. The van der Waals surface area contributed by atoms with E-state index in [4.69, 9.17) is 0 Å². The molecule has 2 heterocycles. The van der Waals surface area contributed by atoms with Gasteiger partial charge >= 0.3 is 0 Å². The zero-order valence-corrected chi connectivity index (χ0v) is 18.8. The number of carbonyl (C=O) groups excluding carboxylic acids is 1. The minimum atomic E-state index is -3.84. The fourth-order valence-corrected chi connectivity index (χ4v) is 4.72. The highest BCUT2D eigenvalue weighted by Gasteiger charge is 2.25. The molecule has 0 radical (unpaired) electrons. The van der Waals surface area contributed by atoms with Crippen LogP contribution in [0.3, 0.4) is 0 Å². The fraction of sp³-hybridized carbons (Fsp3) is 0.125. The Morgan fingerprint density at radius 3 is 2.42 bits per heavy atom. The molecule has 168 valence electrons. The van der Waals surface area contributed by atoms with Crippen molar-refractivity contribution < 1.29 is 13.2 Å². The molecule has 9 heteroatoms. The average molecular weight is 462 g/mol. The first-order valence-corrected chi connectivity index (χ1v) is 11.8. The summed E-state index contributed by atoms with van der Waals surface area (Å²) in [6.07, 6.45) is 6.58. The number of amides is 1. The molecule has 0 saturated carbocycles. The van der Waals surface area contributed by atoms with E-state index in [0.717, 1.165) is 5.56 Å². The van der Waals surface area contributed by atoms with Gasteiger partial charge in [0.05, 0.1) is 22.5 Å². The van der Waals surface area contributed by atoms with Crippen LogP contribution in [0.5, 0.6) is 0 Å². The number of aromatic nitrogens is 3. The minimum absolute atomic E-state index is 0.00734. The van der Waals surface area contributed by atoms with Gasteiger partial charge in [-0.05, 0) is 43.3 Å². The number of imidazole rings is 1. The molecule has 0 unspecified atom stereocenters. The molecule has 1 N–H and O–H groups in total. The maximum absolute atomic E-state index is 13.3. The molecular formula is C24H23N5O3S. The fourth-order valence-electron chi connectivity index (χ4n) is 3.25. The molecule has 2 aromatic heterocycles. The van der Waals surface area contributed by atoms with Gasteiger partial charge < -0.3 is 5.32 Å². The van der Waals surface area contributed by atoms with Crippen molar-refractivity contribution in [3.8, 4) is 5.82 Å². The molecule has 33 heavy (non-hydrogen) atoms. The van der Waals surface area contributed by atoms with E-state index in [1.54, 1.807) is 90.1 Å². The monoisotopic (exact) mass is 461 g/mol. The van der Waals surface area contributed by atoms with Crippen LogP contribution in [0.15, 0.2) is 96.5 Å². The summed E-state index contributed by atoms with van der Waals surface area (Å²) in [5, 5.41) is 2.77. The number of aryl methyl sites for hydroxylation is 1. The molecule has 0 aliphatic heterocycles. The maximum Gasteiger partial charge on any atom is 0.264 e. The first-order valence-electron chi connectivity index (χ1n) is 10.3. The van der Waals surface area contributed by atoms with Crippen LogP contribution in [0.1, 0.15) is 12.0 Å². The van der Waals surface area contributed by atoms with Crippen LogP contribution in [-0.2, 0) is 14.8 Å². The highest BCUT2D eigenvalue weighted by atomic mass is 32.2. The number of benzene rings is 2. The second-order valence-electron chi connectivity index (χ2n) is 7.40. The van der Waals surface area contributed by atoms with E-state index in [2.05, 4.69) is 15.3 Å². The van der Waals surface area contributed by atoms with Gasteiger partial charge in [-0.1, -0.05) is 35.9 Å². The predicted molar refractivity (Wildman–Crippen MR) is 127 cm³/mol. The van der Waals surface area contributed by atoms with Crippen LogP contribution in [0, 0.1) is 6.92 Å². The van der Waals surface area contributed by atoms with Crippen molar-refractivity contribution in [3.63, 3.8) is 0 Å². The van der Waals surface area contributed by atoms with Crippen LogP contribution in [0.25, 0.3) is 5.82 Å². The van der Waals surface area contributed by atoms with Gasteiger partial charge in [0.15, 0.2) is 0 Å². The SMILES string of the molecule is Cc1ccc(S(=O)(=O)N(CCC(=O)Nc2ccc(-n3ccnc3)nc2)c2ccccc2)cc1. The molecule has 4 aromatic rings. The Morgan fingerprint density at radius 1 is 1.03 bits per heavy atom. The Morgan fingerprint density at radius 2 is 1.79 bits per heavy atom. The van der Waals surface area contributed by atoms with E-state index in [9.17, 15) is 13.2 Å². The number of pyridine rings is 1. The predicted octanol–water partition coefficient (Wildman–Crippen LogP) is 3.80. The molecule has 0 spiro atoms. The van der Waals surface area contributed by atoms with Gasteiger partial charge in [0.2, 0.25) is 5.91 Å². The van der Waals surface area contributed by atoms with E-state index in [0.29, 0.717) is 17.2 Å². The topological polar surface area (TPSA) is 97.2 Å². The van der Waals surface area contributed by atoms with Crippen molar-refractivity contribution >= 4 is 27.3 Å². The van der Waals surface area contributed by atoms with Crippen LogP contribution in [0.4, 0.5) is 11.4 Å². The van der Waals surface area contributed by atoms with Crippen molar-refractivity contribution in [2.45, 2.75) is 18.2 Å². The van der Waals surface area contributed by atoms with Gasteiger partial charge in [0.25, 0.3) is 10.0 Å². The van der Waals surface area contributed by atoms with E-state index in [1.165, 1.54) is 4.31 Å². The zero-order valence-electron chi connectivity index (χ0n) is 18.0. The highest BCUT2D eigenvalue weighted by molar-refractivity contribution is 7.92. The first-order chi connectivity index (χ1) is 15.9. The Hall–Kier alpha value is -3.98. The van der Waals surface area contributed by atoms with Gasteiger partial charge in [-0.15, -0.1) is 0 Å². The van der Waals surface area contributed by atoms with Crippen molar-refractivity contribution in [1.82, 2.24) is 14.5 Å².